The number of likely N-dealkylation sites (tertiary alicyclic amines) is 1. The van der Waals surface area contributed by atoms with E-state index in [0.717, 1.165) is 25.0 Å². The Kier molecular flexibility index (Phi) is 4.13. The fourth-order valence-corrected chi connectivity index (χ4v) is 4.11. The van der Waals surface area contributed by atoms with Crippen LogP contribution in [0.25, 0.3) is 0 Å². The van der Waals surface area contributed by atoms with Crippen LogP contribution in [0, 0.1) is 5.92 Å². The van der Waals surface area contributed by atoms with Gasteiger partial charge in [0.1, 0.15) is 0 Å². The summed E-state index contributed by atoms with van der Waals surface area (Å²) >= 11 is 0. The molecule has 3 fully saturated rings. The van der Waals surface area contributed by atoms with Gasteiger partial charge in [-0.25, -0.2) is 0 Å². The summed E-state index contributed by atoms with van der Waals surface area (Å²) in [5, 5.41) is 3.70. The SMILES string of the molecule is CCCC1CC(N2CCNC2C2CC2)C(N)CN1C. The van der Waals surface area contributed by atoms with Crippen molar-refractivity contribution in [3.63, 3.8) is 0 Å². The fraction of sp³-hybridized carbons (Fsp3) is 1.00. The van der Waals surface area contributed by atoms with Gasteiger partial charge in [0.05, 0.1) is 6.17 Å². The summed E-state index contributed by atoms with van der Waals surface area (Å²) in [7, 11) is 2.25. The van der Waals surface area contributed by atoms with Crippen molar-refractivity contribution in [1.29, 1.82) is 0 Å². The quantitative estimate of drug-likeness (QED) is 0.791. The number of nitrogens with one attached hydrogen (secondary N) is 1. The molecule has 2 aliphatic heterocycles. The predicted octanol–water partition coefficient (Wildman–Crippen LogP) is 0.828. The van der Waals surface area contributed by atoms with E-state index < -0.39 is 0 Å². The molecule has 0 amide bonds. The lowest BCUT2D eigenvalue weighted by atomic mass is 9.90. The van der Waals surface area contributed by atoms with E-state index in [2.05, 4.69) is 29.1 Å². The van der Waals surface area contributed by atoms with E-state index in [4.69, 9.17) is 5.73 Å². The molecular weight excluding hydrogens is 236 g/mol. The molecule has 0 radical (unpaired) electrons. The number of piperidine rings is 1. The van der Waals surface area contributed by atoms with Crippen LogP contribution in [0.5, 0.6) is 0 Å². The van der Waals surface area contributed by atoms with Gasteiger partial charge >= 0.3 is 0 Å². The van der Waals surface area contributed by atoms with Crippen molar-refractivity contribution >= 4 is 0 Å². The van der Waals surface area contributed by atoms with Crippen LogP contribution in [0.4, 0.5) is 0 Å². The van der Waals surface area contributed by atoms with Crippen molar-refractivity contribution in [2.75, 3.05) is 26.7 Å². The number of likely N-dealkylation sites (N-methyl/N-ethyl adjacent to an activating group) is 1. The van der Waals surface area contributed by atoms with E-state index >= 15 is 0 Å². The Bertz CT molecular complexity index is 305. The number of hydrogen-bond acceptors (Lipinski definition) is 4. The highest BCUT2D eigenvalue weighted by molar-refractivity contribution is 5.00. The maximum absolute atomic E-state index is 6.48. The minimum atomic E-state index is 0.319. The Hall–Kier alpha value is -0.160. The minimum Gasteiger partial charge on any atom is -0.325 e. The summed E-state index contributed by atoms with van der Waals surface area (Å²) in [6, 6.07) is 1.64. The molecule has 110 valence electrons. The lowest BCUT2D eigenvalue weighted by Crippen LogP contribution is -2.61. The molecule has 1 aliphatic carbocycles. The molecule has 0 aromatic rings. The van der Waals surface area contributed by atoms with Gasteiger partial charge in [0.2, 0.25) is 0 Å². The van der Waals surface area contributed by atoms with Crippen molar-refractivity contribution in [2.45, 2.75) is 63.3 Å². The summed E-state index contributed by atoms with van der Waals surface area (Å²) in [6.45, 7) is 5.70. The van der Waals surface area contributed by atoms with E-state index in [-0.39, 0.29) is 0 Å². The Morgan fingerprint density at radius 2 is 2.11 bits per heavy atom. The second-order valence-electron chi connectivity index (χ2n) is 6.82. The topological polar surface area (TPSA) is 44.5 Å². The number of hydrogen-bond donors (Lipinski definition) is 2. The molecule has 0 bridgehead atoms. The monoisotopic (exact) mass is 266 g/mol. The van der Waals surface area contributed by atoms with Crippen molar-refractivity contribution in [3.05, 3.63) is 0 Å². The molecule has 19 heavy (non-hydrogen) atoms. The normalized spacial score (nSPS) is 41.8. The van der Waals surface area contributed by atoms with Gasteiger partial charge in [-0.2, -0.15) is 0 Å². The van der Waals surface area contributed by atoms with Crippen LogP contribution in [0.3, 0.4) is 0 Å². The first-order chi connectivity index (χ1) is 9.20. The lowest BCUT2D eigenvalue weighted by molar-refractivity contribution is 0.0452. The van der Waals surface area contributed by atoms with E-state index in [1.807, 2.05) is 0 Å². The molecule has 2 saturated heterocycles. The van der Waals surface area contributed by atoms with E-state index in [0.29, 0.717) is 18.2 Å². The van der Waals surface area contributed by atoms with Crippen molar-refractivity contribution < 1.29 is 0 Å². The predicted molar refractivity (Wildman–Crippen MR) is 78.9 cm³/mol. The number of nitrogens with two attached hydrogens (primary N) is 1. The lowest BCUT2D eigenvalue weighted by Gasteiger charge is -2.46. The molecule has 4 heteroatoms. The standard InChI is InChI=1S/C15H30N4/c1-3-4-12-9-14(13(16)10-18(12)2)19-8-7-17-15(19)11-5-6-11/h11-15,17H,3-10,16H2,1-2H3. The maximum Gasteiger partial charge on any atom is 0.0630 e. The molecule has 0 aromatic carbocycles. The molecule has 3 N–H and O–H groups in total. The fourth-order valence-electron chi connectivity index (χ4n) is 4.11. The van der Waals surface area contributed by atoms with Crippen molar-refractivity contribution in [3.8, 4) is 0 Å². The first kappa shape index (κ1) is 13.8. The molecule has 4 unspecified atom stereocenters. The molecule has 4 atom stereocenters. The van der Waals surface area contributed by atoms with E-state index in [1.165, 1.54) is 38.6 Å². The molecule has 1 saturated carbocycles. The minimum absolute atomic E-state index is 0.319. The van der Waals surface area contributed by atoms with Gasteiger partial charge in [-0.05, 0) is 38.6 Å². The average Bonchev–Trinajstić information content (AvgIpc) is 3.11. The second kappa shape index (κ2) is 5.68. The first-order valence-electron chi connectivity index (χ1n) is 8.15. The zero-order chi connectivity index (χ0) is 13.4. The van der Waals surface area contributed by atoms with Gasteiger partial charge in [-0.1, -0.05) is 13.3 Å². The second-order valence-corrected chi connectivity index (χ2v) is 6.82. The van der Waals surface area contributed by atoms with Gasteiger partial charge < -0.3 is 16.0 Å². The van der Waals surface area contributed by atoms with Crippen LogP contribution < -0.4 is 11.1 Å². The Morgan fingerprint density at radius 3 is 2.79 bits per heavy atom. The van der Waals surface area contributed by atoms with Crippen LogP contribution >= 0.6 is 0 Å². The van der Waals surface area contributed by atoms with Crippen LogP contribution in [0.1, 0.15) is 39.0 Å². The molecule has 0 spiro atoms. The zero-order valence-electron chi connectivity index (χ0n) is 12.5. The average molecular weight is 266 g/mol. The number of rotatable bonds is 4. The highest BCUT2D eigenvalue weighted by Gasteiger charge is 2.44. The van der Waals surface area contributed by atoms with Crippen LogP contribution in [0.15, 0.2) is 0 Å². The zero-order valence-corrected chi connectivity index (χ0v) is 12.5. The highest BCUT2D eigenvalue weighted by Crippen LogP contribution is 2.37. The van der Waals surface area contributed by atoms with Gasteiger partial charge in [0.15, 0.2) is 0 Å². The van der Waals surface area contributed by atoms with Crippen LogP contribution in [-0.4, -0.2) is 60.8 Å². The summed E-state index contributed by atoms with van der Waals surface area (Å²) < 4.78 is 0. The van der Waals surface area contributed by atoms with Gasteiger partial charge in [-0.3, -0.25) is 4.90 Å². The van der Waals surface area contributed by atoms with E-state index in [9.17, 15) is 0 Å². The molecule has 3 aliphatic rings. The maximum atomic E-state index is 6.48. The largest absolute Gasteiger partial charge is 0.325 e. The molecule has 4 nitrogen and oxygen atoms in total. The summed E-state index contributed by atoms with van der Waals surface area (Å²) in [5.41, 5.74) is 6.48. The van der Waals surface area contributed by atoms with Crippen LogP contribution in [-0.2, 0) is 0 Å². The molecule has 0 aromatic heterocycles. The first-order valence-corrected chi connectivity index (χ1v) is 8.15. The smallest absolute Gasteiger partial charge is 0.0630 e. The Labute approximate surface area is 117 Å². The van der Waals surface area contributed by atoms with Crippen molar-refractivity contribution in [1.82, 2.24) is 15.1 Å². The summed E-state index contributed by atoms with van der Waals surface area (Å²) in [4.78, 5) is 5.19. The third kappa shape index (κ3) is 2.82. The third-order valence-corrected chi connectivity index (χ3v) is 5.33. The molecule has 2 heterocycles. The van der Waals surface area contributed by atoms with Crippen molar-refractivity contribution in [2.24, 2.45) is 11.7 Å². The molecule has 3 rings (SSSR count). The van der Waals surface area contributed by atoms with Gasteiger partial charge in [-0.15, -0.1) is 0 Å². The Morgan fingerprint density at radius 1 is 1.32 bits per heavy atom. The van der Waals surface area contributed by atoms with Gasteiger partial charge in [0, 0.05) is 37.8 Å². The Balaban J connectivity index is 1.67. The van der Waals surface area contributed by atoms with E-state index in [1.54, 1.807) is 0 Å². The van der Waals surface area contributed by atoms with Crippen LogP contribution in [0.2, 0.25) is 0 Å². The summed E-state index contributed by atoms with van der Waals surface area (Å²) in [5.74, 6) is 0.902. The third-order valence-electron chi connectivity index (χ3n) is 5.33. The van der Waals surface area contributed by atoms with Gasteiger partial charge in [0.25, 0.3) is 0 Å². The number of nitrogens with zero attached hydrogens (tertiary/aromatic N) is 2. The molecular formula is C15H30N4. The summed E-state index contributed by atoms with van der Waals surface area (Å²) in [6.07, 6.45) is 7.30. The highest BCUT2D eigenvalue weighted by atomic mass is 15.4.